The molecule has 0 aliphatic carbocycles. The Kier molecular flexibility index (Phi) is 8.89. The van der Waals surface area contributed by atoms with Crippen molar-refractivity contribution in [3.8, 4) is 0 Å². The summed E-state index contributed by atoms with van der Waals surface area (Å²) < 4.78 is 0. The summed E-state index contributed by atoms with van der Waals surface area (Å²) in [7, 11) is 0. The first kappa shape index (κ1) is 16.2. The zero-order chi connectivity index (χ0) is 13.3. The molecule has 0 aromatic heterocycles. The Bertz CT molecular complexity index is 247. The van der Waals surface area contributed by atoms with Gasteiger partial charge in [0, 0.05) is 6.54 Å². The van der Waals surface area contributed by atoms with Gasteiger partial charge in [0.15, 0.2) is 0 Å². The van der Waals surface area contributed by atoms with Gasteiger partial charge in [0.2, 0.25) is 11.8 Å². The summed E-state index contributed by atoms with van der Waals surface area (Å²) in [4.78, 5) is 22.8. The second kappa shape index (κ2) is 9.30. The molecule has 4 N–H and O–H groups in total. The van der Waals surface area contributed by atoms with Gasteiger partial charge in [-0.3, -0.25) is 9.59 Å². The molecule has 0 bridgehead atoms. The molecule has 2 amide bonds. The summed E-state index contributed by atoms with van der Waals surface area (Å²) in [6, 6.07) is -0.527. The molecule has 5 nitrogen and oxygen atoms in total. The highest BCUT2D eigenvalue weighted by atomic mass is 32.2. The van der Waals surface area contributed by atoms with E-state index in [-0.39, 0.29) is 18.4 Å². The summed E-state index contributed by atoms with van der Waals surface area (Å²) in [6.07, 6.45) is 2.59. The highest BCUT2D eigenvalue weighted by molar-refractivity contribution is 7.98. The van der Waals surface area contributed by atoms with Crippen molar-refractivity contribution in [1.29, 1.82) is 0 Å². The normalized spacial score (nSPS) is 12.3. The maximum absolute atomic E-state index is 11.5. The highest BCUT2D eigenvalue weighted by Crippen LogP contribution is 1.98. The van der Waals surface area contributed by atoms with Crippen LogP contribution in [0.5, 0.6) is 0 Å². The lowest BCUT2D eigenvalue weighted by Gasteiger charge is -2.12. The quantitative estimate of drug-likeness (QED) is 0.572. The van der Waals surface area contributed by atoms with Crippen LogP contribution < -0.4 is 16.4 Å². The molecule has 1 atom stereocenters. The van der Waals surface area contributed by atoms with Gasteiger partial charge >= 0.3 is 0 Å². The van der Waals surface area contributed by atoms with Gasteiger partial charge in [-0.25, -0.2) is 0 Å². The largest absolute Gasteiger partial charge is 0.354 e. The van der Waals surface area contributed by atoms with Crippen LogP contribution >= 0.6 is 11.8 Å². The third-order valence-electron chi connectivity index (χ3n) is 2.10. The van der Waals surface area contributed by atoms with Gasteiger partial charge in [0.1, 0.15) is 0 Å². The molecular weight excluding hydrogens is 238 g/mol. The topological polar surface area (TPSA) is 84.2 Å². The molecule has 0 fully saturated rings. The Balaban J connectivity index is 3.71. The fourth-order valence-electron chi connectivity index (χ4n) is 1.05. The van der Waals surface area contributed by atoms with E-state index >= 15 is 0 Å². The predicted octanol–water partition coefficient (Wildman–Crippen LogP) is -0.0448. The molecule has 100 valence electrons. The molecule has 0 aromatic carbocycles. The first-order valence-electron chi connectivity index (χ1n) is 5.76. The summed E-state index contributed by atoms with van der Waals surface area (Å²) in [5.41, 5.74) is 5.65. The van der Waals surface area contributed by atoms with Crippen LogP contribution in [0.4, 0.5) is 0 Å². The van der Waals surface area contributed by atoms with E-state index < -0.39 is 6.04 Å². The van der Waals surface area contributed by atoms with Crippen molar-refractivity contribution in [2.24, 2.45) is 11.7 Å². The van der Waals surface area contributed by atoms with E-state index in [2.05, 4.69) is 10.6 Å². The van der Waals surface area contributed by atoms with Crippen molar-refractivity contribution in [1.82, 2.24) is 10.6 Å². The molecule has 6 heteroatoms. The van der Waals surface area contributed by atoms with E-state index in [1.807, 2.05) is 20.1 Å². The summed E-state index contributed by atoms with van der Waals surface area (Å²) in [5, 5.41) is 5.25. The molecule has 0 radical (unpaired) electrons. The number of nitrogens with one attached hydrogen (secondary N) is 2. The van der Waals surface area contributed by atoms with Crippen molar-refractivity contribution in [2.75, 3.05) is 25.1 Å². The third-order valence-corrected chi connectivity index (χ3v) is 2.74. The van der Waals surface area contributed by atoms with E-state index in [1.54, 1.807) is 11.8 Å². The smallest absolute Gasteiger partial charge is 0.239 e. The van der Waals surface area contributed by atoms with E-state index in [0.29, 0.717) is 18.9 Å². The van der Waals surface area contributed by atoms with Gasteiger partial charge in [-0.15, -0.1) is 0 Å². The number of carbonyl (C=O) groups excluding carboxylic acids is 2. The zero-order valence-electron chi connectivity index (χ0n) is 10.8. The lowest BCUT2D eigenvalue weighted by atomic mass is 10.2. The molecule has 0 unspecified atom stereocenters. The molecule has 0 aromatic rings. The van der Waals surface area contributed by atoms with Crippen LogP contribution in [0.25, 0.3) is 0 Å². The summed E-state index contributed by atoms with van der Waals surface area (Å²) in [5.74, 6) is 0.801. The van der Waals surface area contributed by atoms with Crippen LogP contribution in [0.2, 0.25) is 0 Å². The van der Waals surface area contributed by atoms with Crippen LogP contribution in [0.1, 0.15) is 20.3 Å². The number of thioether (sulfide) groups is 1. The molecule has 0 saturated carbocycles. The number of carbonyl (C=O) groups is 2. The average molecular weight is 261 g/mol. The minimum atomic E-state index is -0.527. The van der Waals surface area contributed by atoms with E-state index in [1.165, 1.54) is 0 Å². The maximum atomic E-state index is 11.5. The summed E-state index contributed by atoms with van der Waals surface area (Å²) >= 11 is 1.64. The van der Waals surface area contributed by atoms with Crippen molar-refractivity contribution in [3.05, 3.63) is 0 Å². The second-order valence-electron chi connectivity index (χ2n) is 4.30. The first-order chi connectivity index (χ1) is 7.97. The van der Waals surface area contributed by atoms with Crippen LogP contribution in [0.3, 0.4) is 0 Å². The Labute approximate surface area is 107 Å². The minimum absolute atomic E-state index is 0.00147. The number of rotatable bonds is 8. The maximum Gasteiger partial charge on any atom is 0.239 e. The monoisotopic (exact) mass is 261 g/mol. The molecule has 0 aliphatic heterocycles. The zero-order valence-corrected chi connectivity index (χ0v) is 11.6. The van der Waals surface area contributed by atoms with E-state index in [4.69, 9.17) is 5.73 Å². The number of hydrogen-bond donors (Lipinski definition) is 3. The number of amides is 2. The molecule has 0 aliphatic rings. The Hall–Kier alpha value is -0.750. The molecule has 0 rings (SSSR count). The Morgan fingerprint density at radius 1 is 1.29 bits per heavy atom. The van der Waals surface area contributed by atoms with Crippen LogP contribution in [-0.4, -0.2) is 43.0 Å². The third kappa shape index (κ3) is 9.00. The Morgan fingerprint density at radius 2 is 1.94 bits per heavy atom. The number of hydrogen-bond acceptors (Lipinski definition) is 4. The lowest BCUT2D eigenvalue weighted by Crippen LogP contribution is -2.45. The van der Waals surface area contributed by atoms with Crippen molar-refractivity contribution < 1.29 is 9.59 Å². The molecule has 0 spiro atoms. The molecule has 0 saturated heterocycles. The molecule has 0 heterocycles. The predicted molar refractivity (Wildman–Crippen MR) is 71.8 cm³/mol. The first-order valence-corrected chi connectivity index (χ1v) is 7.15. The average Bonchev–Trinajstić information content (AvgIpc) is 2.30. The minimum Gasteiger partial charge on any atom is -0.354 e. The summed E-state index contributed by atoms with van der Waals surface area (Å²) in [6.45, 7) is 4.64. The van der Waals surface area contributed by atoms with Crippen LogP contribution in [-0.2, 0) is 9.59 Å². The van der Waals surface area contributed by atoms with Crippen molar-refractivity contribution in [2.45, 2.75) is 26.3 Å². The van der Waals surface area contributed by atoms with Gasteiger partial charge in [-0.2, -0.15) is 11.8 Å². The molecule has 17 heavy (non-hydrogen) atoms. The van der Waals surface area contributed by atoms with Gasteiger partial charge < -0.3 is 16.4 Å². The van der Waals surface area contributed by atoms with Gasteiger partial charge in [0.25, 0.3) is 0 Å². The number of nitrogens with two attached hydrogens (primary N) is 1. The fraction of sp³-hybridized carbons (Fsp3) is 0.818. The Morgan fingerprint density at radius 3 is 2.47 bits per heavy atom. The van der Waals surface area contributed by atoms with Gasteiger partial charge in [-0.1, -0.05) is 13.8 Å². The second-order valence-corrected chi connectivity index (χ2v) is 5.29. The fourth-order valence-corrected chi connectivity index (χ4v) is 1.54. The van der Waals surface area contributed by atoms with Gasteiger partial charge in [0.05, 0.1) is 12.6 Å². The van der Waals surface area contributed by atoms with Crippen molar-refractivity contribution >= 4 is 23.6 Å². The van der Waals surface area contributed by atoms with Crippen molar-refractivity contribution in [3.63, 3.8) is 0 Å². The van der Waals surface area contributed by atoms with E-state index in [0.717, 1.165) is 5.75 Å². The van der Waals surface area contributed by atoms with Crippen LogP contribution in [0, 0.1) is 5.92 Å². The van der Waals surface area contributed by atoms with Crippen LogP contribution in [0.15, 0.2) is 0 Å². The highest BCUT2D eigenvalue weighted by Gasteiger charge is 2.13. The molecular formula is C11H23N3O2S. The lowest BCUT2D eigenvalue weighted by molar-refractivity contribution is -0.126. The SMILES string of the molecule is CSCC[C@@H](N)C(=O)NCC(=O)NCC(C)C. The van der Waals surface area contributed by atoms with E-state index in [9.17, 15) is 9.59 Å². The van der Waals surface area contributed by atoms with Gasteiger partial charge in [-0.05, 0) is 24.3 Å². The standard InChI is InChI=1S/C11H23N3O2S/c1-8(2)6-13-10(15)7-14-11(16)9(12)4-5-17-3/h8-9H,4-7,12H2,1-3H3,(H,13,15)(H,14,16)/t9-/m1/s1.